The number of ether oxygens (including phenoxy) is 2. The Morgan fingerprint density at radius 2 is 1.85 bits per heavy atom. The van der Waals surface area contributed by atoms with Crippen LogP contribution in [-0.2, 0) is 19.8 Å². The third kappa shape index (κ3) is 3.83. The lowest BCUT2D eigenvalue weighted by Crippen LogP contribution is -2.54. The number of likely N-dealkylation sites (tertiary alicyclic amines) is 1. The molecule has 2 rings (SSSR count). The number of hydrogen-bond acceptors (Lipinski definition) is 5. The van der Waals surface area contributed by atoms with Gasteiger partial charge >= 0.3 is 12.1 Å². The highest BCUT2D eigenvalue weighted by Gasteiger charge is 2.48. The first kappa shape index (κ1) is 20.2. The summed E-state index contributed by atoms with van der Waals surface area (Å²) in [5.74, 6) is -1.08. The molecule has 8 heteroatoms. The van der Waals surface area contributed by atoms with Gasteiger partial charge in [0.2, 0.25) is 0 Å². The Balaban J connectivity index is 2.30. The van der Waals surface area contributed by atoms with E-state index in [1.807, 2.05) is 13.8 Å². The van der Waals surface area contributed by atoms with Crippen LogP contribution in [0.2, 0.25) is 0 Å². The standard InChI is InChI=1S/C18H28FN3O4/c1-12(2)14-13(19)11-20-22(14)18(15(23)25-6)7-9-21(10-8-18)16(24)26-17(3,4)5/h11-12H,7-10H2,1-6H3. The van der Waals surface area contributed by atoms with E-state index in [2.05, 4.69) is 5.10 Å². The van der Waals surface area contributed by atoms with Crippen molar-refractivity contribution in [2.45, 2.75) is 64.5 Å². The molecular formula is C18H28FN3O4. The molecule has 0 atom stereocenters. The van der Waals surface area contributed by atoms with Gasteiger partial charge in [-0.2, -0.15) is 5.10 Å². The smallest absolute Gasteiger partial charge is 0.410 e. The van der Waals surface area contributed by atoms with Gasteiger partial charge in [0.25, 0.3) is 0 Å². The highest BCUT2D eigenvalue weighted by Crippen LogP contribution is 2.35. The number of rotatable bonds is 3. The zero-order valence-electron chi connectivity index (χ0n) is 16.3. The third-order valence-corrected chi connectivity index (χ3v) is 4.52. The molecule has 0 aliphatic carbocycles. The molecule has 1 aromatic rings. The summed E-state index contributed by atoms with van der Waals surface area (Å²) in [5, 5.41) is 4.14. The maximum atomic E-state index is 14.2. The molecule has 1 aromatic heterocycles. The van der Waals surface area contributed by atoms with Crippen LogP contribution in [0.4, 0.5) is 9.18 Å². The largest absolute Gasteiger partial charge is 0.467 e. The fraction of sp³-hybridized carbons (Fsp3) is 0.722. The Kier molecular flexibility index (Phi) is 5.63. The summed E-state index contributed by atoms with van der Waals surface area (Å²) >= 11 is 0. The molecule has 2 heterocycles. The van der Waals surface area contributed by atoms with Gasteiger partial charge in [-0.3, -0.25) is 0 Å². The minimum Gasteiger partial charge on any atom is -0.467 e. The molecule has 0 saturated carbocycles. The molecule has 0 unspecified atom stereocenters. The van der Waals surface area contributed by atoms with E-state index >= 15 is 0 Å². The van der Waals surface area contributed by atoms with Crippen LogP contribution in [0.25, 0.3) is 0 Å². The van der Waals surface area contributed by atoms with E-state index in [0.29, 0.717) is 18.8 Å². The fourth-order valence-corrected chi connectivity index (χ4v) is 3.28. The molecular weight excluding hydrogens is 341 g/mol. The van der Waals surface area contributed by atoms with Crippen molar-refractivity contribution >= 4 is 12.1 Å². The van der Waals surface area contributed by atoms with E-state index in [0.717, 1.165) is 6.20 Å². The van der Waals surface area contributed by atoms with Crippen molar-refractivity contribution in [1.29, 1.82) is 0 Å². The second kappa shape index (κ2) is 7.25. The van der Waals surface area contributed by atoms with E-state index < -0.39 is 29.0 Å². The normalized spacial score (nSPS) is 17.3. The first-order valence-electron chi connectivity index (χ1n) is 8.82. The maximum absolute atomic E-state index is 14.2. The van der Waals surface area contributed by atoms with Crippen LogP contribution < -0.4 is 0 Å². The van der Waals surface area contributed by atoms with Crippen molar-refractivity contribution in [3.8, 4) is 0 Å². The van der Waals surface area contributed by atoms with Crippen LogP contribution in [0.3, 0.4) is 0 Å². The van der Waals surface area contributed by atoms with Crippen LogP contribution >= 0.6 is 0 Å². The van der Waals surface area contributed by atoms with E-state index in [-0.39, 0.29) is 18.8 Å². The number of hydrogen-bond donors (Lipinski definition) is 0. The molecule has 1 amide bonds. The molecule has 0 aromatic carbocycles. The molecule has 1 fully saturated rings. The number of carbonyl (C=O) groups is 2. The Morgan fingerprint density at radius 1 is 1.27 bits per heavy atom. The van der Waals surface area contributed by atoms with Crippen LogP contribution in [-0.4, -0.2) is 52.5 Å². The van der Waals surface area contributed by atoms with E-state index in [4.69, 9.17) is 9.47 Å². The predicted molar refractivity (Wildman–Crippen MR) is 93.3 cm³/mol. The van der Waals surface area contributed by atoms with Gasteiger partial charge in [0, 0.05) is 25.9 Å². The third-order valence-electron chi connectivity index (χ3n) is 4.52. The van der Waals surface area contributed by atoms with Gasteiger partial charge in [-0.25, -0.2) is 18.7 Å². The SMILES string of the molecule is COC(=O)C1(n2ncc(F)c2C(C)C)CCN(C(=O)OC(C)(C)C)CC1. The van der Waals surface area contributed by atoms with Crippen LogP contribution in [0.1, 0.15) is 59.1 Å². The van der Waals surface area contributed by atoms with Gasteiger partial charge in [-0.05, 0) is 26.7 Å². The van der Waals surface area contributed by atoms with Crippen LogP contribution in [0, 0.1) is 5.82 Å². The quantitative estimate of drug-likeness (QED) is 0.766. The molecule has 1 saturated heterocycles. The molecule has 0 N–H and O–H groups in total. The van der Waals surface area contributed by atoms with Crippen molar-refractivity contribution in [1.82, 2.24) is 14.7 Å². The molecule has 0 radical (unpaired) electrons. The van der Waals surface area contributed by atoms with Crippen molar-refractivity contribution in [3.63, 3.8) is 0 Å². The van der Waals surface area contributed by atoms with Gasteiger partial charge in [0.05, 0.1) is 19.0 Å². The van der Waals surface area contributed by atoms with Crippen LogP contribution in [0.15, 0.2) is 6.20 Å². The van der Waals surface area contributed by atoms with Gasteiger partial charge in [-0.15, -0.1) is 0 Å². The topological polar surface area (TPSA) is 73.7 Å². The number of methoxy groups -OCH3 is 1. The highest BCUT2D eigenvalue weighted by molar-refractivity contribution is 5.79. The summed E-state index contributed by atoms with van der Waals surface area (Å²) in [6, 6.07) is 0. The summed E-state index contributed by atoms with van der Waals surface area (Å²) in [6.45, 7) is 9.68. The molecule has 0 spiro atoms. The van der Waals surface area contributed by atoms with Gasteiger partial charge in [0.15, 0.2) is 11.4 Å². The number of halogens is 1. The Hall–Kier alpha value is -2.12. The maximum Gasteiger partial charge on any atom is 0.410 e. The summed E-state index contributed by atoms with van der Waals surface area (Å²) in [4.78, 5) is 26.5. The summed E-state index contributed by atoms with van der Waals surface area (Å²) in [7, 11) is 1.30. The number of nitrogens with zero attached hydrogens (tertiary/aromatic N) is 3. The molecule has 146 valence electrons. The van der Waals surface area contributed by atoms with Crippen molar-refractivity contribution in [2.24, 2.45) is 0 Å². The van der Waals surface area contributed by atoms with Crippen LogP contribution in [0.5, 0.6) is 0 Å². The van der Waals surface area contributed by atoms with Crippen molar-refractivity contribution < 1.29 is 23.5 Å². The summed E-state index contributed by atoms with van der Waals surface area (Å²) < 4.78 is 26.1. The molecule has 7 nitrogen and oxygen atoms in total. The molecule has 1 aliphatic rings. The van der Waals surface area contributed by atoms with E-state index in [9.17, 15) is 14.0 Å². The van der Waals surface area contributed by atoms with Gasteiger partial charge in [-0.1, -0.05) is 13.8 Å². The number of carbonyl (C=O) groups excluding carboxylic acids is 2. The number of aromatic nitrogens is 2. The Bertz CT molecular complexity index is 670. The minimum atomic E-state index is -1.13. The second-order valence-electron chi connectivity index (χ2n) is 7.93. The highest BCUT2D eigenvalue weighted by atomic mass is 19.1. The second-order valence-corrected chi connectivity index (χ2v) is 7.93. The monoisotopic (exact) mass is 369 g/mol. The molecule has 26 heavy (non-hydrogen) atoms. The zero-order valence-corrected chi connectivity index (χ0v) is 16.3. The average Bonchev–Trinajstić information content (AvgIpc) is 2.94. The fourth-order valence-electron chi connectivity index (χ4n) is 3.28. The average molecular weight is 369 g/mol. The Morgan fingerprint density at radius 3 is 2.31 bits per heavy atom. The Labute approximate surface area is 153 Å². The van der Waals surface area contributed by atoms with Crippen molar-refractivity contribution in [2.75, 3.05) is 20.2 Å². The lowest BCUT2D eigenvalue weighted by Gasteiger charge is -2.40. The van der Waals surface area contributed by atoms with Gasteiger partial charge in [0.1, 0.15) is 5.60 Å². The lowest BCUT2D eigenvalue weighted by molar-refractivity contribution is -0.155. The first-order chi connectivity index (χ1) is 12.0. The van der Waals surface area contributed by atoms with E-state index in [1.165, 1.54) is 11.8 Å². The van der Waals surface area contributed by atoms with Gasteiger partial charge < -0.3 is 14.4 Å². The van der Waals surface area contributed by atoms with Crippen molar-refractivity contribution in [3.05, 3.63) is 17.7 Å². The number of esters is 1. The number of piperidine rings is 1. The summed E-state index contributed by atoms with van der Waals surface area (Å²) in [6.07, 6.45) is 1.26. The zero-order chi connectivity index (χ0) is 19.7. The number of amides is 1. The van der Waals surface area contributed by atoms with E-state index in [1.54, 1.807) is 25.7 Å². The lowest BCUT2D eigenvalue weighted by atomic mass is 9.86. The summed E-state index contributed by atoms with van der Waals surface area (Å²) in [5.41, 5.74) is -1.36. The molecule has 0 bridgehead atoms. The predicted octanol–water partition coefficient (Wildman–Crippen LogP) is 3.04. The first-order valence-corrected chi connectivity index (χ1v) is 8.82. The minimum absolute atomic E-state index is 0.150. The molecule has 1 aliphatic heterocycles.